The summed E-state index contributed by atoms with van der Waals surface area (Å²) in [5, 5.41) is 0. The molecule has 0 heterocycles. The van der Waals surface area contributed by atoms with Crippen molar-refractivity contribution in [3.8, 4) is 0 Å². The first-order valence-electron chi connectivity index (χ1n) is 4.55. The molecular weight excluding hydrogens is 243 g/mol. The van der Waals surface area contributed by atoms with Gasteiger partial charge in [-0.2, -0.15) is 13.2 Å². The largest absolute Gasteiger partial charge is 0.399 e. The molecule has 0 aromatic heterocycles. The minimum atomic E-state index is -4.50. The fourth-order valence-electron chi connectivity index (χ4n) is 1.14. The molecule has 0 fully saturated rings. The van der Waals surface area contributed by atoms with Crippen LogP contribution in [0.5, 0.6) is 0 Å². The van der Waals surface area contributed by atoms with Gasteiger partial charge in [-0.15, -0.1) is 0 Å². The highest BCUT2D eigenvalue weighted by Gasteiger charge is 2.42. The summed E-state index contributed by atoms with van der Waals surface area (Å²) in [6.45, 7) is 1.19. The molecule has 0 aromatic carbocycles. The third kappa shape index (κ3) is 5.26. The Bertz CT molecular complexity index is 270. The van der Waals surface area contributed by atoms with Gasteiger partial charge >= 0.3 is 6.18 Å². The van der Waals surface area contributed by atoms with Crippen molar-refractivity contribution in [3.63, 3.8) is 0 Å². The summed E-state index contributed by atoms with van der Waals surface area (Å²) >= 11 is 4.36. The van der Waals surface area contributed by atoms with E-state index in [1.165, 1.54) is 4.90 Å². The van der Waals surface area contributed by atoms with Crippen LogP contribution in [-0.4, -0.2) is 41.6 Å². The number of amides is 1. The third-order valence-corrected chi connectivity index (χ3v) is 2.29. The van der Waals surface area contributed by atoms with Crippen LogP contribution in [0.1, 0.15) is 6.92 Å². The summed E-state index contributed by atoms with van der Waals surface area (Å²) in [6, 6.07) is 0. The zero-order valence-electron chi connectivity index (χ0n) is 8.75. The number of primary amides is 1. The molecule has 0 bridgehead atoms. The van der Waals surface area contributed by atoms with E-state index in [9.17, 15) is 18.0 Å². The molecule has 0 saturated heterocycles. The highest BCUT2D eigenvalue weighted by atomic mass is 32.1. The molecule has 0 saturated carbocycles. The van der Waals surface area contributed by atoms with Crippen LogP contribution in [-0.2, 0) is 4.79 Å². The average Bonchev–Trinajstić information content (AvgIpc) is 2.08. The van der Waals surface area contributed by atoms with Crippen LogP contribution in [0.2, 0.25) is 0 Å². The summed E-state index contributed by atoms with van der Waals surface area (Å²) in [6.07, 6.45) is -4.50. The summed E-state index contributed by atoms with van der Waals surface area (Å²) in [5.74, 6) is -2.60. The van der Waals surface area contributed by atoms with E-state index in [0.717, 1.165) is 0 Å². The molecule has 1 unspecified atom stereocenters. The number of carbonyl (C=O) groups is 1. The van der Waals surface area contributed by atoms with Crippen molar-refractivity contribution in [1.29, 1.82) is 0 Å². The molecule has 0 aliphatic heterocycles. The average molecular weight is 257 g/mol. The quantitative estimate of drug-likeness (QED) is 0.669. The van der Waals surface area contributed by atoms with Crippen LogP contribution in [0, 0.1) is 5.92 Å². The lowest BCUT2D eigenvalue weighted by Crippen LogP contribution is -2.45. The van der Waals surface area contributed by atoms with Gasteiger partial charge in [0.25, 0.3) is 0 Å². The Balaban J connectivity index is 4.60. The zero-order chi connectivity index (χ0) is 12.9. The number of carbonyl (C=O) groups excluding carboxylic acids is 1. The Labute approximate surface area is 96.8 Å². The fraction of sp³-hybridized carbons (Fsp3) is 0.750. The van der Waals surface area contributed by atoms with Crippen molar-refractivity contribution in [3.05, 3.63) is 0 Å². The summed E-state index contributed by atoms with van der Waals surface area (Å²) < 4.78 is 37.5. The second kappa shape index (κ2) is 6.00. The topological polar surface area (TPSA) is 72.3 Å². The first kappa shape index (κ1) is 15.1. The lowest BCUT2D eigenvalue weighted by atomic mass is 10.1. The van der Waals surface area contributed by atoms with Crippen molar-refractivity contribution >= 4 is 23.1 Å². The van der Waals surface area contributed by atoms with E-state index in [1.807, 2.05) is 0 Å². The van der Waals surface area contributed by atoms with E-state index in [0.29, 0.717) is 0 Å². The Morgan fingerprint density at radius 3 is 2.19 bits per heavy atom. The molecule has 0 aliphatic rings. The molecule has 0 rings (SSSR count). The van der Waals surface area contributed by atoms with Crippen molar-refractivity contribution in [2.75, 3.05) is 19.6 Å². The number of hydrogen-bond donors (Lipinski definition) is 2. The maximum Gasteiger partial charge on any atom is 0.399 e. The molecule has 94 valence electrons. The molecule has 16 heavy (non-hydrogen) atoms. The summed E-state index contributed by atoms with van der Waals surface area (Å²) in [5.41, 5.74) is 9.93. The third-order valence-electron chi connectivity index (χ3n) is 2.01. The van der Waals surface area contributed by atoms with E-state index >= 15 is 0 Å². The smallest absolute Gasteiger partial charge is 0.393 e. The van der Waals surface area contributed by atoms with Crippen LogP contribution in [0.4, 0.5) is 13.2 Å². The maximum absolute atomic E-state index is 12.5. The second-order valence-corrected chi connectivity index (χ2v) is 3.76. The van der Waals surface area contributed by atoms with Crippen molar-refractivity contribution in [2.24, 2.45) is 17.4 Å². The van der Waals surface area contributed by atoms with E-state index < -0.39 is 29.5 Å². The molecule has 1 atom stereocenters. The molecule has 1 amide bonds. The predicted octanol–water partition coefficient (Wildman–Crippen LogP) is 0.258. The standard InChI is InChI=1S/C8H14F3N3OS/c1-2-14(4-6(12)15)3-5(7(13)16)8(9,10)11/h5H,2-4H2,1H3,(H2,12,15)(H2,13,16). The van der Waals surface area contributed by atoms with Gasteiger partial charge in [-0.25, -0.2) is 0 Å². The van der Waals surface area contributed by atoms with Crippen LogP contribution < -0.4 is 11.5 Å². The first-order chi connectivity index (χ1) is 7.18. The number of alkyl halides is 3. The van der Waals surface area contributed by atoms with Gasteiger partial charge in [0.1, 0.15) is 5.92 Å². The van der Waals surface area contributed by atoms with Gasteiger partial charge < -0.3 is 11.5 Å². The van der Waals surface area contributed by atoms with Crippen molar-refractivity contribution < 1.29 is 18.0 Å². The highest BCUT2D eigenvalue weighted by Crippen LogP contribution is 2.27. The molecule has 0 aliphatic carbocycles. The summed E-state index contributed by atoms with van der Waals surface area (Å²) in [7, 11) is 0. The minimum absolute atomic E-state index is 0.244. The van der Waals surface area contributed by atoms with Crippen molar-refractivity contribution in [2.45, 2.75) is 13.1 Å². The molecule has 0 aromatic rings. The highest BCUT2D eigenvalue weighted by molar-refractivity contribution is 7.80. The van der Waals surface area contributed by atoms with E-state index in [-0.39, 0.29) is 13.1 Å². The van der Waals surface area contributed by atoms with Crippen LogP contribution >= 0.6 is 12.2 Å². The van der Waals surface area contributed by atoms with Gasteiger partial charge in [0, 0.05) is 6.54 Å². The van der Waals surface area contributed by atoms with E-state index in [1.54, 1.807) is 6.92 Å². The van der Waals surface area contributed by atoms with Gasteiger partial charge in [0.2, 0.25) is 5.91 Å². The SMILES string of the molecule is CCN(CC(N)=O)CC(C(N)=S)C(F)(F)F. The Morgan fingerprint density at radius 2 is 1.94 bits per heavy atom. The second-order valence-electron chi connectivity index (χ2n) is 3.29. The summed E-state index contributed by atoms with van der Waals surface area (Å²) in [4.78, 5) is 11.2. The fourth-order valence-corrected chi connectivity index (χ4v) is 1.35. The van der Waals surface area contributed by atoms with Gasteiger partial charge in [-0.3, -0.25) is 9.69 Å². The van der Waals surface area contributed by atoms with Gasteiger partial charge in [-0.05, 0) is 6.54 Å². The minimum Gasteiger partial charge on any atom is -0.393 e. The normalized spacial score (nSPS) is 13.8. The molecule has 8 heteroatoms. The van der Waals surface area contributed by atoms with Crippen LogP contribution in [0.3, 0.4) is 0 Å². The number of rotatable bonds is 6. The number of nitrogens with zero attached hydrogens (tertiary/aromatic N) is 1. The number of nitrogens with two attached hydrogens (primary N) is 2. The lowest BCUT2D eigenvalue weighted by molar-refractivity contribution is -0.159. The van der Waals surface area contributed by atoms with Gasteiger partial charge in [0.05, 0.1) is 11.5 Å². The van der Waals surface area contributed by atoms with Crippen molar-refractivity contribution in [1.82, 2.24) is 4.90 Å². The zero-order valence-corrected chi connectivity index (χ0v) is 9.57. The number of hydrogen-bond acceptors (Lipinski definition) is 3. The van der Waals surface area contributed by atoms with Gasteiger partial charge in [0.15, 0.2) is 0 Å². The molecule has 0 spiro atoms. The van der Waals surface area contributed by atoms with E-state index in [2.05, 4.69) is 12.2 Å². The van der Waals surface area contributed by atoms with E-state index in [4.69, 9.17) is 11.5 Å². The Morgan fingerprint density at radius 1 is 1.44 bits per heavy atom. The first-order valence-corrected chi connectivity index (χ1v) is 4.96. The van der Waals surface area contributed by atoms with Crippen LogP contribution in [0.25, 0.3) is 0 Å². The number of halogens is 3. The molecule has 4 N–H and O–H groups in total. The number of thiocarbonyl (C=S) groups is 1. The number of likely N-dealkylation sites (N-methyl/N-ethyl adjacent to an activating group) is 1. The maximum atomic E-state index is 12.5. The van der Waals surface area contributed by atoms with Crippen LogP contribution in [0.15, 0.2) is 0 Å². The Kier molecular flexibility index (Phi) is 5.66. The Hall–Kier alpha value is -0.890. The van der Waals surface area contributed by atoms with Gasteiger partial charge in [-0.1, -0.05) is 19.1 Å². The predicted molar refractivity (Wildman–Crippen MR) is 57.6 cm³/mol. The molecular formula is C8H14F3N3OS. The lowest BCUT2D eigenvalue weighted by Gasteiger charge is -2.26. The molecule has 4 nitrogen and oxygen atoms in total. The monoisotopic (exact) mass is 257 g/mol. The molecule has 0 radical (unpaired) electrons.